The standard InChI is InChI=1S/2C21H21N2PS.2C8H12.4ClH.Co.2Rh/c2*25-21(23-18-10-4-1-5-11-18)22-16-17-24(19-12-6-2-7-13-19)20-14-8-3-9-15-20;2*1-2-4-6-8-7-5-3-1;;;;;;;/h2*1-15H,16-17H2,(H2,22,23,25);2*1-2,7-8H,3-6H2;4*1H;;;/q;;;;;;;;+2;;/p-4/b;;2*2-1-,8-7-;;;;;;;. The van der Waals surface area contributed by atoms with Crippen molar-refractivity contribution >= 4 is 124 Å². The molecule has 0 spiro atoms. The van der Waals surface area contributed by atoms with Crippen LogP contribution in [0.4, 0.5) is 11.4 Å². The number of hydrogen-bond acceptors (Lipinski definition) is 2. The Labute approximate surface area is 495 Å². The molecular weight excluding hydrogens is 1290 g/mol. The Balaban J connectivity index is 0.000000353. The van der Waals surface area contributed by atoms with Crippen molar-refractivity contribution in [2.75, 3.05) is 36.0 Å². The maximum Gasteiger partial charge on any atom is 0 e. The fraction of sp³-hybridized carbons (Fsp3) is 0.207. The minimum absolute atomic E-state index is 0. The number of benzene rings is 6. The van der Waals surface area contributed by atoms with Crippen LogP contribution in [0.1, 0.15) is 51.4 Å². The predicted molar refractivity (Wildman–Crippen MR) is 326 cm³/mol. The Hall–Kier alpha value is -2.57. The van der Waals surface area contributed by atoms with Gasteiger partial charge in [0.1, 0.15) is 0 Å². The minimum atomic E-state index is -2.49. The molecule has 6 aromatic carbocycles. The van der Waals surface area contributed by atoms with Crippen LogP contribution in [-0.2, 0) is 48.0 Å². The summed E-state index contributed by atoms with van der Waals surface area (Å²) in [4.78, 5) is 0. The van der Waals surface area contributed by atoms with Crippen molar-refractivity contribution in [3.63, 3.8) is 0 Å². The van der Waals surface area contributed by atoms with Gasteiger partial charge >= 0.3 is 49.6 Å². The molecule has 15 heteroatoms. The third-order valence-corrected chi connectivity index (χ3v) is 15.8. The minimum Gasteiger partial charge on any atom is 0 e. The van der Waals surface area contributed by atoms with Crippen LogP contribution in [0.25, 0.3) is 0 Å². The first-order valence-electron chi connectivity index (χ1n) is 23.7. The van der Waals surface area contributed by atoms with Crippen molar-refractivity contribution < 1.29 is 48.0 Å². The summed E-state index contributed by atoms with van der Waals surface area (Å²) in [5.41, 5.74) is 2.02. The number of anilines is 2. The molecule has 2 aliphatic rings. The van der Waals surface area contributed by atoms with Crippen molar-refractivity contribution in [3.05, 3.63) is 231 Å². The van der Waals surface area contributed by atoms with Gasteiger partial charge < -0.3 is 21.3 Å². The van der Waals surface area contributed by atoms with Gasteiger partial charge in [0.15, 0.2) is 10.2 Å². The number of rotatable bonds is 12. The number of hydrogen-bond donors (Lipinski definition) is 4. The molecule has 4 nitrogen and oxygen atoms in total. The van der Waals surface area contributed by atoms with Gasteiger partial charge in [-0.3, -0.25) is 0 Å². The molecule has 73 heavy (non-hydrogen) atoms. The van der Waals surface area contributed by atoms with E-state index in [2.05, 4.69) is 191 Å². The fourth-order valence-corrected chi connectivity index (χ4v) is 11.8. The molecule has 0 atom stereocenters. The van der Waals surface area contributed by atoms with E-state index in [-0.39, 0.29) is 39.0 Å². The normalized spacial score (nSPS) is 14.3. The van der Waals surface area contributed by atoms with Crippen LogP contribution in [0.15, 0.2) is 231 Å². The zero-order chi connectivity index (χ0) is 50.5. The first-order valence-corrected chi connectivity index (χ1v) is 33.3. The van der Waals surface area contributed by atoms with Gasteiger partial charge in [0.2, 0.25) is 0 Å². The molecule has 0 saturated heterocycles. The van der Waals surface area contributed by atoms with Gasteiger partial charge in [-0.15, -0.1) is 0 Å². The number of halogens is 4. The quantitative estimate of drug-likeness (QED) is 0.0424. The molecule has 2 aliphatic carbocycles. The summed E-state index contributed by atoms with van der Waals surface area (Å²) >= 11 is 10.8. The van der Waals surface area contributed by atoms with E-state index < -0.39 is 24.8 Å². The molecule has 0 aromatic heterocycles. The maximum absolute atomic E-state index is 5.41. The Morgan fingerprint density at radius 1 is 0.356 bits per heavy atom. The van der Waals surface area contributed by atoms with E-state index in [1.807, 2.05) is 60.7 Å². The number of allylic oxidation sites excluding steroid dienone is 8. The second kappa shape index (κ2) is 42.5. The SMILES string of the molecule is C1=C\CC/C=C\CC/1.C1=C\CC/C=C\CC/1.S=C(NCCP(c1ccccc1)c1ccccc1)Nc1ccccc1.S=C(NCCP(c1ccccc1)c1ccccc1)Nc1ccccc1.[Cl][Co-2]([Cl])([Cl])[Cl].[Rh].[Rh]. The second-order valence-electron chi connectivity index (χ2n) is 15.6. The number of nitrogens with one attached hydrogen (secondary N) is 4. The van der Waals surface area contributed by atoms with Gasteiger partial charge in [-0.05, 0) is 149 Å². The summed E-state index contributed by atoms with van der Waals surface area (Å²) in [6.45, 7) is 1.68. The molecule has 0 amide bonds. The molecule has 0 saturated carbocycles. The monoisotopic (exact) mass is 1350 g/mol. The Morgan fingerprint density at radius 2 is 0.548 bits per heavy atom. The van der Waals surface area contributed by atoms with Crippen LogP contribution in [0, 0.1) is 0 Å². The molecular formula is C58H66Cl4CoN4P2Rh2S2-2. The van der Waals surface area contributed by atoms with Crippen LogP contribution in [0.2, 0.25) is 0 Å². The Morgan fingerprint density at radius 3 is 0.753 bits per heavy atom. The summed E-state index contributed by atoms with van der Waals surface area (Å²) in [5, 5.41) is 20.0. The molecule has 4 N–H and O–H groups in total. The van der Waals surface area contributed by atoms with E-state index in [0.717, 1.165) is 36.8 Å². The van der Waals surface area contributed by atoms with Crippen molar-refractivity contribution in [2.45, 2.75) is 51.4 Å². The first-order chi connectivity index (χ1) is 34.7. The van der Waals surface area contributed by atoms with E-state index in [1.54, 1.807) is 0 Å². The Kier molecular flexibility index (Phi) is 38.8. The molecule has 0 fully saturated rings. The predicted octanol–water partition coefficient (Wildman–Crippen LogP) is 16.3. The second-order valence-corrected chi connectivity index (χ2v) is 31.4. The van der Waals surface area contributed by atoms with Crippen molar-refractivity contribution in [2.24, 2.45) is 0 Å². The zero-order valence-electron chi connectivity index (χ0n) is 40.6. The van der Waals surface area contributed by atoms with Gasteiger partial charge in [-0.2, -0.15) is 0 Å². The van der Waals surface area contributed by atoms with Gasteiger partial charge in [0.05, 0.1) is 0 Å². The molecule has 0 unspecified atom stereocenters. The zero-order valence-corrected chi connectivity index (χ0v) is 51.4. The average Bonchev–Trinajstić information content (AvgIpc) is 3.36. The summed E-state index contributed by atoms with van der Waals surface area (Å²) in [6.07, 6.45) is 30.1. The van der Waals surface area contributed by atoms with Crippen molar-refractivity contribution in [1.82, 2.24) is 10.6 Å². The average molecular weight is 1350 g/mol. The summed E-state index contributed by atoms with van der Waals surface area (Å²) < 4.78 is 0. The van der Waals surface area contributed by atoms with Gasteiger partial charge in [0, 0.05) is 63.4 Å². The third-order valence-electron chi connectivity index (χ3n) is 10.2. The summed E-state index contributed by atoms with van der Waals surface area (Å²) in [6, 6.07) is 63.0. The van der Waals surface area contributed by atoms with E-state index in [4.69, 9.17) is 65.0 Å². The van der Waals surface area contributed by atoms with E-state index in [0.29, 0.717) is 10.2 Å². The third kappa shape index (κ3) is 33.3. The first kappa shape index (κ1) is 66.5. The van der Waals surface area contributed by atoms with Crippen LogP contribution in [0.3, 0.4) is 0 Å². The fourth-order valence-electron chi connectivity index (χ4n) is 6.91. The summed E-state index contributed by atoms with van der Waals surface area (Å²) in [5.74, 6) is 0. The molecule has 0 bridgehead atoms. The van der Waals surface area contributed by atoms with Crippen LogP contribution in [0.5, 0.6) is 0 Å². The number of thiocarbonyl (C=S) groups is 2. The summed E-state index contributed by atoms with van der Waals surface area (Å²) in [7, 11) is 16.5. The van der Waals surface area contributed by atoms with Crippen LogP contribution in [-0.4, -0.2) is 35.6 Å². The molecule has 2 radical (unpaired) electrons. The van der Waals surface area contributed by atoms with Gasteiger partial charge in [-0.25, -0.2) is 0 Å². The molecule has 0 aliphatic heterocycles. The van der Waals surface area contributed by atoms with E-state index in [1.165, 1.54) is 72.6 Å². The largest absolute Gasteiger partial charge is 0 e. The van der Waals surface area contributed by atoms with E-state index in [9.17, 15) is 0 Å². The van der Waals surface area contributed by atoms with Crippen molar-refractivity contribution in [3.8, 4) is 0 Å². The maximum atomic E-state index is 5.41. The van der Waals surface area contributed by atoms with Crippen LogP contribution >= 0.6 is 80.9 Å². The molecule has 397 valence electrons. The van der Waals surface area contributed by atoms with E-state index >= 15 is 0 Å². The number of para-hydroxylation sites is 2. The van der Waals surface area contributed by atoms with Crippen molar-refractivity contribution in [1.29, 1.82) is 0 Å². The Bertz CT molecular complexity index is 2140. The van der Waals surface area contributed by atoms with Crippen LogP contribution < -0.4 is 42.5 Å². The van der Waals surface area contributed by atoms with Gasteiger partial charge in [-0.1, -0.05) is 206 Å². The molecule has 0 heterocycles. The van der Waals surface area contributed by atoms with Gasteiger partial charge in [0.25, 0.3) is 0 Å². The molecule has 8 rings (SSSR count). The topological polar surface area (TPSA) is 48.1 Å². The smallest absolute Gasteiger partial charge is 0 e. The molecule has 6 aromatic rings.